The van der Waals surface area contributed by atoms with Crippen LogP contribution in [0.1, 0.15) is 0 Å². The van der Waals surface area contributed by atoms with E-state index in [2.05, 4.69) is 352 Å². The first-order chi connectivity index (χ1) is 70.0. The molecular formula is C132H86Cl2N6O2. The van der Waals surface area contributed by atoms with E-state index in [1.807, 2.05) is 140 Å². The van der Waals surface area contributed by atoms with Crippen LogP contribution in [0.3, 0.4) is 0 Å². The van der Waals surface area contributed by atoms with Crippen molar-refractivity contribution in [1.82, 2.24) is 29.9 Å². The Morgan fingerprint density at radius 3 is 0.585 bits per heavy atom. The Morgan fingerprint density at radius 1 is 0.127 bits per heavy atom. The molecule has 5 aromatic heterocycles. The predicted molar refractivity (Wildman–Crippen MR) is 586 cm³/mol. The van der Waals surface area contributed by atoms with E-state index in [4.69, 9.17) is 53.1 Å². The average Bonchev–Trinajstić information content (AvgIpc) is 0.755. The molecule has 0 saturated heterocycles. The van der Waals surface area contributed by atoms with Gasteiger partial charge < -0.3 is 10.2 Å². The lowest BCUT2D eigenvalue weighted by Gasteiger charge is -2.20. The smallest absolute Gasteiger partial charge is 0.124 e. The molecule has 670 valence electrons. The lowest BCUT2D eigenvalue weighted by Crippen LogP contribution is -1.95. The van der Waals surface area contributed by atoms with Crippen molar-refractivity contribution in [2.24, 2.45) is 0 Å². The Morgan fingerprint density at radius 2 is 0.331 bits per heavy atom. The molecule has 0 amide bonds. The molecule has 0 atom stereocenters. The number of nitrogens with zero attached hydrogens (tertiary/aromatic N) is 6. The summed E-state index contributed by atoms with van der Waals surface area (Å²) in [6.45, 7) is 0. The van der Waals surface area contributed by atoms with E-state index in [1.54, 1.807) is 12.1 Å². The number of rotatable bonds is 22. The largest absolute Gasteiger partial charge is 0.507 e. The molecule has 0 aliphatic carbocycles. The van der Waals surface area contributed by atoms with E-state index in [-0.39, 0.29) is 11.5 Å². The molecule has 8 nitrogen and oxygen atoms in total. The van der Waals surface area contributed by atoms with Crippen molar-refractivity contribution in [3.8, 4) is 257 Å². The van der Waals surface area contributed by atoms with Crippen molar-refractivity contribution >= 4 is 23.2 Å². The summed E-state index contributed by atoms with van der Waals surface area (Å²) in [6, 6.07) is 166. The quantitative estimate of drug-likeness (QED) is 0.0689. The molecule has 2 N–H and O–H groups in total. The molecule has 0 saturated carbocycles. The molecule has 0 bridgehead atoms. The SMILES string of the molecule is Oc1cc(-c2cc(-c3ccc(-c4ccc(Cl)cc4-c4cc(-c5ccccc5-c5ccc(-c6ccccn6)cc5-c5ccccc5)cc(-c5ccccc5-c5ccc(-c6ccccn6)cc5-c5ccccc5)c4)c(O)c3)ncn2)ccc1-c1ccc(Cl)cc1-c1cc(-c2ccccc2-c2ccc(-c3ccccn3)cc2-c2ccccc2)cc(-c2ccccc2-c2ccc(-c3ccccn3)cc2-c2ccccc2)c1. The van der Waals surface area contributed by atoms with Gasteiger partial charge >= 0.3 is 0 Å². The highest BCUT2D eigenvalue weighted by Crippen LogP contribution is 2.52. The number of phenolic OH excluding ortho intramolecular Hbond substituents is 2. The third-order valence-electron chi connectivity index (χ3n) is 26.7. The topological polar surface area (TPSA) is 118 Å². The number of aromatic hydroxyl groups is 2. The Hall–Kier alpha value is -18.2. The van der Waals surface area contributed by atoms with Gasteiger partial charge in [-0.3, -0.25) is 19.9 Å². The number of phenols is 2. The third kappa shape index (κ3) is 17.8. The number of pyridine rings is 4. The summed E-state index contributed by atoms with van der Waals surface area (Å²) in [4.78, 5) is 28.9. The minimum Gasteiger partial charge on any atom is -0.507 e. The maximum absolute atomic E-state index is 12.9. The fraction of sp³-hybridized carbons (Fsp3) is 0. The molecule has 0 fully saturated rings. The summed E-state index contributed by atoms with van der Waals surface area (Å²) in [6.07, 6.45) is 8.87. The molecule has 5 heterocycles. The van der Waals surface area contributed by atoms with Crippen LogP contribution in [-0.4, -0.2) is 40.1 Å². The normalized spacial score (nSPS) is 11.2. The van der Waals surface area contributed by atoms with E-state index in [0.717, 1.165) is 212 Å². The molecule has 0 radical (unpaired) electrons. The maximum atomic E-state index is 12.9. The molecule has 18 aromatic carbocycles. The average molecular weight is 1860 g/mol. The van der Waals surface area contributed by atoms with E-state index in [1.165, 1.54) is 6.33 Å². The lowest BCUT2D eigenvalue weighted by atomic mass is 9.84. The van der Waals surface area contributed by atoms with Crippen molar-refractivity contribution in [3.63, 3.8) is 0 Å². The summed E-state index contributed by atoms with van der Waals surface area (Å²) in [7, 11) is 0. The van der Waals surface area contributed by atoms with Gasteiger partial charge in [0.2, 0.25) is 0 Å². The van der Waals surface area contributed by atoms with Gasteiger partial charge in [0, 0.05) is 79.3 Å². The van der Waals surface area contributed by atoms with Gasteiger partial charge in [-0.05, 0) is 331 Å². The number of hydrogen-bond donors (Lipinski definition) is 2. The first kappa shape index (κ1) is 87.8. The van der Waals surface area contributed by atoms with Crippen molar-refractivity contribution in [2.75, 3.05) is 0 Å². The highest BCUT2D eigenvalue weighted by atomic mass is 35.5. The molecular weight excluding hydrogens is 1770 g/mol. The molecule has 0 aliphatic rings. The highest BCUT2D eigenvalue weighted by molar-refractivity contribution is 6.31. The van der Waals surface area contributed by atoms with E-state index >= 15 is 0 Å². The van der Waals surface area contributed by atoms with Crippen LogP contribution in [0, 0.1) is 0 Å². The minimum absolute atomic E-state index is 0.0262. The van der Waals surface area contributed by atoms with Crippen LogP contribution in [-0.2, 0) is 0 Å². The molecule has 0 spiro atoms. The summed E-state index contributed by atoms with van der Waals surface area (Å²) in [5.41, 5.74) is 40.9. The number of aromatic nitrogens is 6. The second-order valence-corrected chi connectivity index (χ2v) is 36.2. The molecule has 23 rings (SSSR count). The van der Waals surface area contributed by atoms with Crippen molar-refractivity contribution in [2.45, 2.75) is 0 Å². The number of hydrogen-bond acceptors (Lipinski definition) is 8. The third-order valence-corrected chi connectivity index (χ3v) is 27.1. The first-order valence-electron chi connectivity index (χ1n) is 47.3. The van der Waals surface area contributed by atoms with E-state index in [9.17, 15) is 10.2 Å². The lowest BCUT2D eigenvalue weighted by molar-refractivity contribution is 0.477. The standard InChI is InChI=1S/C132H86Cl2N6O2/c133-101-55-63-115(123(81-101)99-71-95(103-37-13-17-41-107(103)111-57-49-89(125-45-21-25-65-135-125)75-119(111)85-29-5-1-6-30-85)69-96(72-99)104-38-14-18-42-108(104)112-58-50-90(126-46-22-26-66-136-126)76-120(112)86-31-7-2-8-32-86)117-61-53-93(79-131(117)141)129-83-130(140-84-139-129)94-54-62-118(132(142)80-94)116-64-56-102(134)82-124(116)100-73-97(105-39-15-19-43-109(105)113-59-51-91(127-47-23-27-67-137-127)77-121(113)87-33-9-3-10-34-87)70-98(74-100)106-40-16-20-44-110(106)114-60-52-92(128-48-24-28-68-138-128)78-122(114)88-35-11-4-12-36-88/h1-84,141-142H. The monoisotopic (exact) mass is 1860 g/mol. The molecule has 10 heteroatoms. The molecule has 23 aromatic rings. The summed E-state index contributed by atoms with van der Waals surface area (Å²) < 4.78 is 0. The van der Waals surface area contributed by atoms with Crippen LogP contribution < -0.4 is 0 Å². The molecule has 0 aliphatic heterocycles. The van der Waals surface area contributed by atoms with Gasteiger partial charge in [-0.1, -0.05) is 339 Å². The zero-order chi connectivity index (χ0) is 95.4. The van der Waals surface area contributed by atoms with E-state index in [0.29, 0.717) is 43.7 Å². The fourth-order valence-corrected chi connectivity index (χ4v) is 20.2. The van der Waals surface area contributed by atoms with Crippen molar-refractivity contribution in [3.05, 3.63) is 520 Å². The second kappa shape index (κ2) is 39.1. The maximum Gasteiger partial charge on any atom is 0.124 e. The molecule has 0 unspecified atom stereocenters. The van der Waals surface area contributed by atoms with E-state index < -0.39 is 0 Å². The highest BCUT2D eigenvalue weighted by Gasteiger charge is 2.27. The van der Waals surface area contributed by atoms with Crippen LogP contribution in [0.4, 0.5) is 0 Å². The van der Waals surface area contributed by atoms with Gasteiger partial charge in [-0.15, -0.1) is 0 Å². The van der Waals surface area contributed by atoms with Gasteiger partial charge in [0.15, 0.2) is 0 Å². The number of benzene rings is 18. The summed E-state index contributed by atoms with van der Waals surface area (Å²) >= 11 is 14.6. The zero-order valence-corrected chi connectivity index (χ0v) is 78.3. The summed E-state index contributed by atoms with van der Waals surface area (Å²) in [5.74, 6) is 0.0524. The van der Waals surface area contributed by atoms with Crippen LogP contribution in [0.25, 0.3) is 246 Å². The zero-order valence-electron chi connectivity index (χ0n) is 76.8. The Balaban J connectivity index is 0.622. The van der Waals surface area contributed by atoms with Crippen LogP contribution in [0.5, 0.6) is 11.5 Å². The Bertz CT molecular complexity index is 7800. The van der Waals surface area contributed by atoms with Gasteiger partial charge in [0.1, 0.15) is 17.8 Å². The predicted octanol–water partition coefficient (Wildman–Crippen LogP) is 35.4. The van der Waals surface area contributed by atoms with Gasteiger partial charge in [-0.25, -0.2) is 9.97 Å². The van der Waals surface area contributed by atoms with Gasteiger partial charge in [-0.2, -0.15) is 0 Å². The summed E-state index contributed by atoms with van der Waals surface area (Å²) in [5, 5.41) is 26.8. The minimum atomic E-state index is 0.0262. The Labute approximate surface area is 834 Å². The molecule has 142 heavy (non-hydrogen) atoms. The van der Waals surface area contributed by atoms with Crippen LogP contribution in [0.2, 0.25) is 10.0 Å². The first-order valence-corrected chi connectivity index (χ1v) is 48.0. The fourth-order valence-electron chi connectivity index (χ4n) is 19.9. The van der Waals surface area contributed by atoms with Crippen molar-refractivity contribution < 1.29 is 10.2 Å². The Kier molecular flexibility index (Phi) is 24.2. The van der Waals surface area contributed by atoms with Gasteiger partial charge in [0.05, 0.1) is 34.2 Å². The van der Waals surface area contributed by atoms with Crippen LogP contribution in [0.15, 0.2) is 510 Å². The van der Waals surface area contributed by atoms with Crippen LogP contribution >= 0.6 is 23.2 Å². The second-order valence-electron chi connectivity index (χ2n) is 35.3. The number of halogens is 2. The van der Waals surface area contributed by atoms with Crippen molar-refractivity contribution in [1.29, 1.82) is 0 Å². The van der Waals surface area contributed by atoms with Gasteiger partial charge in [0.25, 0.3) is 0 Å².